The second-order valence-electron chi connectivity index (χ2n) is 7.25. The van der Waals surface area contributed by atoms with Crippen molar-refractivity contribution in [3.63, 3.8) is 0 Å². The van der Waals surface area contributed by atoms with Crippen molar-refractivity contribution in [2.24, 2.45) is 9.98 Å². The average Bonchev–Trinajstić information content (AvgIpc) is 2.85. The molecule has 0 unspecified atom stereocenters. The Kier molecular flexibility index (Phi) is 8.82. The normalized spacial score (nSPS) is 14.5. The third-order valence-electron chi connectivity index (χ3n) is 4.86. The van der Waals surface area contributed by atoms with Crippen LogP contribution in [0.3, 0.4) is 0 Å². The third kappa shape index (κ3) is 6.38. The van der Waals surface area contributed by atoms with E-state index in [9.17, 15) is 19.2 Å². The molecule has 3 rings (SSSR count). The molecule has 0 saturated heterocycles. The first-order valence-corrected chi connectivity index (χ1v) is 11.2. The summed E-state index contributed by atoms with van der Waals surface area (Å²) in [6.07, 6.45) is 0.412. The molecule has 0 saturated carbocycles. The third-order valence-corrected chi connectivity index (χ3v) is 4.86. The maximum Gasteiger partial charge on any atom is 0.357 e. The first-order valence-electron chi connectivity index (χ1n) is 11.2. The van der Waals surface area contributed by atoms with Crippen molar-refractivity contribution in [2.45, 2.75) is 20.3 Å². The van der Waals surface area contributed by atoms with Gasteiger partial charge >= 0.3 is 23.8 Å². The zero-order valence-corrected chi connectivity index (χ0v) is 19.5. The highest BCUT2D eigenvalue weighted by atomic mass is 16.5. The molecular formula is C25H26N4O6. The molecule has 2 amide bonds. The van der Waals surface area contributed by atoms with Crippen molar-refractivity contribution < 1.29 is 28.7 Å². The molecule has 35 heavy (non-hydrogen) atoms. The summed E-state index contributed by atoms with van der Waals surface area (Å²) in [7, 11) is 0. The molecule has 1 aliphatic heterocycles. The van der Waals surface area contributed by atoms with Crippen LogP contribution in [0, 0.1) is 0 Å². The number of nitrogens with one attached hydrogen (secondary N) is 2. The van der Waals surface area contributed by atoms with E-state index in [1.807, 2.05) is 0 Å². The Morgan fingerprint density at radius 1 is 0.743 bits per heavy atom. The molecule has 0 aliphatic carbocycles. The van der Waals surface area contributed by atoms with Crippen LogP contribution in [0.15, 0.2) is 58.5 Å². The summed E-state index contributed by atoms with van der Waals surface area (Å²) in [4.78, 5) is 59.5. The molecule has 0 spiro atoms. The van der Waals surface area contributed by atoms with E-state index in [1.165, 1.54) is 0 Å². The van der Waals surface area contributed by atoms with Gasteiger partial charge in [-0.2, -0.15) is 0 Å². The second kappa shape index (κ2) is 12.2. The van der Waals surface area contributed by atoms with Crippen LogP contribution in [-0.2, 0) is 28.7 Å². The molecule has 2 aromatic rings. The van der Waals surface area contributed by atoms with Crippen LogP contribution in [0.4, 0.5) is 11.4 Å². The molecule has 0 atom stereocenters. The van der Waals surface area contributed by atoms with Gasteiger partial charge in [0.05, 0.1) is 24.6 Å². The van der Waals surface area contributed by atoms with Crippen LogP contribution in [0.25, 0.3) is 0 Å². The van der Waals surface area contributed by atoms with Crippen molar-refractivity contribution in [2.75, 3.05) is 36.9 Å². The van der Waals surface area contributed by atoms with Crippen LogP contribution in [0.1, 0.15) is 31.4 Å². The molecule has 1 aliphatic rings. The van der Waals surface area contributed by atoms with E-state index in [1.54, 1.807) is 62.4 Å². The second-order valence-corrected chi connectivity index (χ2v) is 7.25. The summed E-state index contributed by atoms with van der Waals surface area (Å²) in [5.74, 6) is -3.27. The summed E-state index contributed by atoms with van der Waals surface area (Å²) in [5.41, 5.74) is 1.11. The highest BCUT2D eigenvalue weighted by molar-refractivity contribution is 6.48. The molecule has 0 bridgehead atoms. The standard InChI is InChI=1S/C25H26N4O6/c1-3-34-24(32)20-16-10-5-7-12-18(16)28-22(30)23(31)29-19-13-8-6-11-17(19)21(25(33)35-4-2)27-15-9-14-26-20/h5-8,10-13H,3-4,9,14-15H2,1-2H3,(H,28,30)(H,29,31). The Balaban J connectivity index is 2.07. The topological polar surface area (TPSA) is 136 Å². The van der Waals surface area contributed by atoms with Crippen LogP contribution in [0.2, 0.25) is 0 Å². The van der Waals surface area contributed by atoms with E-state index in [-0.39, 0.29) is 49.1 Å². The number of carbonyl (C=O) groups is 4. The van der Waals surface area contributed by atoms with Crippen LogP contribution in [-0.4, -0.2) is 61.5 Å². The van der Waals surface area contributed by atoms with Gasteiger partial charge in [0.2, 0.25) is 0 Å². The summed E-state index contributed by atoms with van der Waals surface area (Å²) in [6.45, 7) is 4.03. The van der Waals surface area contributed by atoms with Gasteiger partial charge in [0.1, 0.15) is 0 Å². The van der Waals surface area contributed by atoms with E-state index < -0.39 is 23.8 Å². The molecule has 2 N–H and O–H groups in total. The zero-order valence-electron chi connectivity index (χ0n) is 19.5. The lowest BCUT2D eigenvalue weighted by Gasteiger charge is -2.14. The summed E-state index contributed by atoms with van der Waals surface area (Å²) >= 11 is 0. The number of anilines is 2. The van der Waals surface area contributed by atoms with Gasteiger partial charge < -0.3 is 20.1 Å². The first-order chi connectivity index (χ1) is 17.0. The molecule has 10 nitrogen and oxygen atoms in total. The first kappa shape index (κ1) is 25.3. The predicted octanol–water partition coefficient (Wildman–Crippen LogP) is 2.37. The number of aliphatic imine (C=N–C) groups is 2. The van der Waals surface area contributed by atoms with Gasteiger partial charge in [-0.25, -0.2) is 9.59 Å². The van der Waals surface area contributed by atoms with Crippen LogP contribution in [0.5, 0.6) is 0 Å². The fourth-order valence-electron chi connectivity index (χ4n) is 3.33. The number of hydrogen-bond acceptors (Lipinski definition) is 8. The minimum Gasteiger partial charge on any atom is -0.461 e. The van der Waals surface area contributed by atoms with Gasteiger partial charge in [0.25, 0.3) is 0 Å². The number of ether oxygens (including phenoxy) is 2. The Labute approximate surface area is 202 Å². The molecule has 2 aromatic carbocycles. The zero-order chi connectivity index (χ0) is 25.2. The smallest absolute Gasteiger partial charge is 0.357 e. The highest BCUT2D eigenvalue weighted by Gasteiger charge is 2.24. The highest BCUT2D eigenvalue weighted by Crippen LogP contribution is 2.20. The number of nitrogens with zero attached hydrogens (tertiary/aromatic N) is 2. The Hall–Kier alpha value is -4.34. The number of hydrogen-bond donors (Lipinski definition) is 2. The molecule has 0 radical (unpaired) electrons. The van der Waals surface area contributed by atoms with E-state index in [0.29, 0.717) is 17.5 Å². The number of rotatable bonds is 4. The molecule has 182 valence electrons. The maximum atomic E-state index is 12.7. The maximum absolute atomic E-state index is 12.7. The van der Waals surface area contributed by atoms with Gasteiger partial charge in [-0.1, -0.05) is 36.4 Å². The quantitative estimate of drug-likeness (QED) is 0.512. The lowest BCUT2D eigenvalue weighted by Crippen LogP contribution is -2.31. The number of amides is 2. The number of esters is 2. The van der Waals surface area contributed by atoms with E-state index in [4.69, 9.17) is 9.47 Å². The van der Waals surface area contributed by atoms with Gasteiger partial charge in [-0.3, -0.25) is 19.6 Å². The lowest BCUT2D eigenvalue weighted by atomic mass is 10.1. The van der Waals surface area contributed by atoms with Crippen molar-refractivity contribution in [3.8, 4) is 0 Å². The molecule has 1 heterocycles. The van der Waals surface area contributed by atoms with E-state index in [2.05, 4.69) is 20.6 Å². The molecular weight excluding hydrogens is 452 g/mol. The fourth-order valence-corrected chi connectivity index (χ4v) is 3.33. The Bertz CT molecular complexity index is 1100. The average molecular weight is 479 g/mol. The van der Waals surface area contributed by atoms with Gasteiger partial charge in [0, 0.05) is 24.2 Å². The summed E-state index contributed by atoms with van der Waals surface area (Å²) in [5, 5.41) is 5.06. The molecule has 10 heteroatoms. The van der Waals surface area contributed by atoms with Crippen molar-refractivity contribution >= 4 is 46.6 Å². The van der Waals surface area contributed by atoms with Crippen LogP contribution >= 0.6 is 0 Å². The van der Waals surface area contributed by atoms with Crippen molar-refractivity contribution in [3.05, 3.63) is 59.7 Å². The molecule has 0 aromatic heterocycles. The lowest BCUT2D eigenvalue weighted by molar-refractivity contribution is -0.135. The monoisotopic (exact) mass is 478 g/mol. The Morgan fingerprint density at radius 2 is 1.14 bits per heavy atom. The van der Waals surface area contributed by atoms with Crippen LogP contribution < -0.4 is 10.6 Å². The fraction of sp³-hybridized carbons (Fsp3) is 0.280. The predicted molar refractivity (Wildman–Crippen MR) is 131 cm³/mol. The number of para-hydroxylation sites is 2. The van der Waals surface area contributed by atoms with E-state index >= 15 is 0 Å². The minimum atomic E-state index is -0.972. The van der Waals surface area contributed by atoms with Crippen molar-refractivity contribution in [1.29, 1.82) is 0 Å². The minimum absolute atomic E-state index is 0.0101. The summed E-state index contributed by atoms with van der Waals surface area (Å²) < 4.78 is 10.3. The summed E-state index contributed by atoms with van der Waals surface area (Å²) in [6, 6.07) is 13.0. The largest absolute Gasteiger partial charge is 0.461 e. The Morgan fingerprint density at radius 3 is 1.54 bits per heavy atom. The number of benzene rings is 2. The number of carbonyl (C=O) groups excluding carboxylic acids is 4. The SMILES string of the molecule is CCOC(=O)C1=NCCCN=C(C(=O)OCC)c2ccccc2NC(=O)C(=O)Nc2ccccc21. The molecule has 0 fully saturated rings. The van der Waals surface area contributed by atoms with Gasteiger partial charge in [-0.15, -0.1) is 0 Å². The van der Waals surface area contributed by atoms with Crippen molar-refractivity contribution in [1.82, 2.24) is 0 Å². The van der Waals surface area contributed by atoms with E-state index in [0.717, 1.165) is 0 Å². The van der Waals surface area contributed by atoms with Gasteiger partial charge in [0.15, 0.2) is 11.4 Å². The van der Waals surface area contributed by atoms with Gasteiger partial charge in [-0.05, 0) is 32.4 Å². The number of fused-ring (bicyclic) bond motifs is 2.